The Labute approximate surface area is 137 Å². The maximum atomic E-state index is 11.6. The van der Waals surface area contributed by atoms with Crippen LogP contribution in [0.5, 0.6) is 5.75 Å². The Morgan fingerprint density at radius 3 is 2.87 bits per heavy atom. The van der Waals surface area contributed by atoms with Crippen molar-refractivity contribution in [2.45, 2.75) is 19.0 Å². The fourth-order valence-electron chi connectivity index (χ4n) is 2.43. The Morgan fingerprint density at radius 2 is 2.13 bits per heavy atom. The third kappa shape index (κ3) is 2.96. The normalized spacial score (nSPS) is 11.1. The predicted molar refractivity (Wildman–Crippen MR) is 89.1 cm³/mol. The average molecular weight is 331 g/mol. The van der Waals surface area contributed by atoms with Crippen molar-refractivity contribution in [2.24, 2.45) is 0 Å². The lowest BCUT2D eigenvalue weighted by atomic mass is 10.1. The van der Waals surface area contributed by atoms with Crippen LogP contribution in [0, 0.1) is 6.92 Å². The third-order valence-electron chi connectivity index (χ3n) is 3.46. The van der Waals surface area contributed by atoms with E-state index in [1.54, 1.807) is 14.0 Å². The van der Waals surface area contributed by atoms with Gasteiger partial charge in [-0.2, -0.15) is 0 Å². The number of nitrogens with zero attached hydrogens (tertiary/aromatic N) is 3. The fraction of sp³-hybridized carbons (Fsp3) is 0.312. The number of thioether (sulfide) groups is 1. The maximum absolute atomic E-state index is 11.6. The first-order valence-electron chi connectivity index (χ1n) is 7.25. The van der Waals surface area contributed by atoms with Crippen LogP contribution in [0.25, 0.3) is 16.6 Å². The summed E-state index contributed by atoms with van der Waals surface area (Å²) in [5.41, 5.74) is 2.75. The lowest BCUT2D eigenvalue weighted by Gasteiger charge is -2.08. The van der Waals surface area contributed by atoms with Gasteiger partial charge in [0.25, 0.3) is 0 Å². The summed E-state index contributed by atoms with van der Waals surface area (Å²) in [4.78, 5) is 11.6. The minimum absolute atomic E-state index is 0.202. The van der Waals surface area contributed by atoms with Crippen molar-refractivity contribution < 1.29 is 14.3 Å². The quantitative estimate of drug-likeness (QED) is 0.529. The first kappa shape index (κ1) is 15.6. The van der Waals surface area contributed by atoms with Crippen molar-refractivity contribution in [2.75, 3.05) is 19.5 Å². The second-order valence-electron chi connectivity index (χ2n) is 4.99. The van der Waals surface area contributed by atoms with E-state index >= 15 is 0 Å². The number of hydrogen-bond acceptors (Lipinski definition) is 6. The molecule has 0 radical (unpaired) electrons. The molecule has 0 amide bonds. The van der Waals surface area contributed by atoms with Gasteiger partial charge in [0.1, 0.15) is 5.75 Å². The number of hydrogen-bond donors (Lipinski definition) is 0. The number of aryl methyl sites for hydroxylation is 1. The molecule has 0 saturated heterocycles. The smallest absolute Gasteiger partial charge is 0.316 e. The number of fused-ring (bicyclic) bond motifs is 3. The molecule has 0 bridgehead atoms. The highest BCUT2D eigenvalue weighted by Crippen LogP contribution is 2.28. The Hall–Kier alpha value is -2.28. The van der Waals surface area contributed by atoms with Gasteiger partial charge in [-0.25, -0.2) is 0 Å². The number of rotatable bonds is 5. The van der Waals surface area contributed by atoms with Crippen LogP contribution in [-0.4, -0.2) is 40.0 Å². The molecule has 0 aliphatic heterocycles. The molecule has 0 unspecified atom stereocenters. The van der Waals surface area contributed by atoms with Crippen LogP contribution in [-0.2, 0) is 9.53 Å². The Bertz CT molecular complexity index is 876. The SMILES string of the molecule is CCOC(=O)CSc1nnc2c(C)cc3ccc(OC)cc3n12. The molecule has 3 aromatic rings. The second kappa shape index (κ2) is 6.45. The molecule has 0 saturated carbocycles. The lowest BCUT2D eigenvalue weighted by Crippen LogP contribution is -2.07. The van der Waals surface area contributed by atoms with Crippen LogP contribution in [0.15, 0.2) is 29.4 Å². The van der Waals surface area contributed by atoms with E-state index in [4.69, 9.17) is 9.47 Å². The number of esters is 1. The standard InChI is InChI=1S/C16H17N3O3S/c1-4-22-14(20)9-23-16-18-17-15-10(2)7-11-5-6-12(21-3)8-13(11)19(15)16/h5-8H,4,9H2,1-3H3. The van der Waals surface area contributed by atoms with Crippen LogP contribution < -0.4 is 4.74 Å². The molecular formula is C16H17N3O3S. The van der Waals surface area contributed by atoms with Crippen molar-refractivity contribution >= 4 is 34.3 Å². The van der Waals surface area contributed by atoms with Gasteiger partial charge in [0.05, 0.1) is 25.0 Å². The van der Waals surface area contributed by atoms with Crippen molar-refractivity contribution in [3.63, 3.8) is 0 Å². The molecule has 1 aromatic carbocycles. The number of methoxy groups -OCH3 is 1. The van der Waals surface area contributed by atoms with E-state index in [-0.39, 0.29) is 11.7 Å². The second-order valence-corrected chi connectivity index (χ2v) is 5.93. The highest BCUT2D eigenvalue weighted by Gasteiger charge is 2.14. The van der Waals surface area contributed by atoms with E-state index < -0.39 is 0 Å². The first-order chi connectivity index (χ1) is 11.1. The van der Waals surface area contributed by atoms with E-state index in [0.717, 1.165) is 27.9 Å². The number of benzene rings is 1. The predicted octanol–water partition coefficient (Wildman–Crippen LogP) is 2.85. The van der Waals surface area contributed by atoms with Gasteiger partial charge >= 0.3 is 5.97 Å². The molecule has 23 heavy (non-hydrogen) atoms. The minimum atomic E-state index is -0.260. The highest BCUT2D eigenvalue weighted by molar-refractivity contribution is 7.99. The number of ether oxygens (including phenoxy) is 2. The lowest BCUT2D eigenvalue weighted by molar-refractivity contribution is -0.139. The Balaban J connectivity index is 2.10. The summed E-state index contributed by atoms with van der Waals surface area (Å²) in [5, 5.41) is 10.2. The van der Waals surface area contributed by atoms with E-state index in [9.17, 15) is 4.79 Å². The van der Waals surface area contributed by atoms with Crippen LogP contribution in [0.4, 0.5) is 0 Å². The monoisotopic (exact) mass is 331 g/mol. The summed E-state index contributed by atoms with van der Waals surface area (Å²) in [5.74, 6) is 0.704. The number of pyridine rings is 1. The maximum Gasteiger partial charge on any atom is 0.316 e. The number of aromatic nitrogens is 3. The number of carbonyl (C=O) groups is 1. The molecule has 7 heteroatoms. The summed E-state index contributed by atoms with van der Waals surface area (Å²) in [6.45, 7) is 4.16. The van der Waals surface area contributed by atoms with Gasteiger partial charge in [0, 0.05) is 6.07 Å². The summed E-state index contributed by atoms with van der Waals surface area (Å²) in [6, 6.07) is 7.93. The van der Waals surface area contributed by atoms with E-state index in [1.807, 2.05) is 29.5 Å². The van der Waals surface area contributed by atoms with Gasteiger partial charge in [-0.1, -0.05) is 11.8 Å². The van der Waals surface area contributed by atoms with Crippen LogP contribution in [0.2, 0.25) is 0 Å². The van der Waals surface area contributed by atoms with Crippen LogP contribution in [0.1, 0.15) is 12.5 Å². The molecule has 0 atom stereocenters. The third-order valence-corrected chi connectivity index (χ3v) is 4.36. The molecule has 6 nitrogen and oxygen atoms in total. The summed E-state index contributed by atoms with van der Waals surface area (Å²) < 4.78 is 12.2. The minimum Gasteiger partial charge on any atom is -0.497 e. The Kier molecular flexibility index (Phi) is 4.38. The van der Waals surface area contributed by atoms with Crippen molar-refractivity contribution in [3.8, 4) is 5.75 Å². The largest absolute Gasteiger partial charge is 0.497 e. The molecular weight excluding hydrogens is 314 g/mol. The summed E-state index contributed by atoms with van der Waals surface area (Å²) >= 11 is 1.32. The van der Waals surface area contributed by atoms with Crippen molar-refractivity contribution in [1.82, 2.24) is 14.6 Å². The molecule has 3 rings (SSSR count). The highest BCUT2D eigenvalue weighted by atomic mass is 32.2. The zero-order valence-corrected chi connectivity index (χ0v) is 14.0. The molecule has 0 spiro atoms. The van der Waals surface area contributed by atoms with Gasteiger partial charge < -0.3 is 9.47 Å². The van der Waals surface area contributed by atoms with E-state index in [2.05, 4.69) is 16.3 Å². The van der Waals surface area contributed by atoms with Crippen molar-refractivity contribution in [3.05, 3.63) is 29.8 Å². The topological polar surface area (TPSA) is 65.7 Å². The van der Waals surface area contributed by atoms with Gasteiger partial charge in [-0.3, -0.25) is 9.20 Å². The molecule has 0 fully saturated rings. The molecule has 120 valence electrons. The van der Waals surface area contributed by atoms with E-state index in [1.165, 1.54) is 11.8 Å². The molecule has 0 aliphatic rings. The van der Waals surface area contributed by atoms with Gasteiger partial charge in [0.2, 0.25) is 0 Å². The molecule has 0 N–H and O–H groups in total. The Morgan fingerprint density at radius 1 is 1.30 bits per heavy atom. The summed E-state index contributed by atoms with van der Waals surface area (Å²) in [7, 11) is 1.63. The summed E-state index contributed by atoms with van der Waals surface area (Å²) in [6.07, 6.45) is 0. The van der Waals surface area contributed by atoms with Crippen molar-refractivity contribution in [1.29, 1.82) is 0 Å². The zero-order chi connectivity index (χ0) is 16.4. The van der Waals surface area contributed by atoms with Crippen LogP contribution >= 0.6 is 11.8 Å². The average Bonchev–Trinajstić information content (AvgIpc) is 2.98. The van der Waals surface area contributed by atoms with E-state index in [0.29, 0.717) is 11.8 Å². The zero-order valence-electron chi connectivity index (χ0n) is 13.2. The molecule has 2 heterocycles. The van der Waals surface area contributed by atoms with Gasteiger partial charge in [-0.05, 0) is 43.0 Å². The fourth-order valence-corrected chi connectivity index (χ4v) is 3.17. The van der Waals surface area contributed by atoms with Gasteiger partial charge in [-0.15, -0.1) is 10.2 Å². The molecule has 2 aromatic heterocycles. The van der Waals surface area contributed by atoms with Crippen LogP contribution in [0.3, 0.4) is 0 Å². The van der Waals surface area contributed by atoms with Gasteiger partial charge in [0.15, 0.2) is 10.8 Å². The molecule has 0 aliphatic carbocycles. The first-order valence-corrected chi connectivity index (χ1v) is 8.23. The number of carbonyl (C=O) groups excluding carboxylic acids is 1.